The van der Waals surface area contributed by atoms with Crippen LogP contribution in [-0.2, 0) is 4.79 Å². The van der Waals surface area contributed by atoms with Crippen LogP contribution in [0.5, 0.6) is 17.2 Å². The molecule has 0 saturated heterocycles. The van der Waals surface area contributed by atoms with Gasteiger partial charge in [0.05, 0.1) is 19.9 Å². The number of benzene rings is 3. The van der Waals surface area contributed by atoms with Gasteiger partial charge in [-0.15, -0.1) is 0 Å². The van der Waals surface area contributed by atoms with Gasteiger partial charge in [-0.3, -0.25) is 4.79 Å². The molecule has 0 atom stereocenters. The molecule has 0 aromatic heterocycles. The Hall–Kier alpha value is -3.21. The number of likely N-dealkylation sites (N-methyl/N-ethyl adjacent to an activating group) is 1. The number of para-hydroxylation sites is 1. The Morgan fingerprint density at radius 3 is 2.19 bits per heavy atom. The highest BCUT2D eigenvalue weighted by molar-refractivity contribution is 6.04. The van der Waals surface area contributed by atoms with Crippen molar-refractivity contribution < 1.29 is 19.0 Å². The number of hydrogen-bond acceptors (Lipinski definition) is 4. The van der Waals surface area contributed by atoms with E-state index in [1.54, 1.807) is 37.3 Å². The van der Waals surface area contributed by atoms with Crippen LogP contribution in [0.15, 0.2) is 60.7 Å². The van der Waals surface area contributed by atoms with Crippen molar-refractivity contribution in [3.63, 3.8) is 0 Å². The number of methoxy groups -OCH3 is 2. The smallest absolute Gasteiger partial charge is 0.264 e. The molecule has 140 valence electrons. The van der Waals surface area contributed by atoms with Gasteiger partial charge in [-0.2, -0.15) is 0 Å². The van der Waals surface area contributed by atoms with Gasteiger partial charge in [0.1, 0.15) is 0 Å². The highest BCUT2D eigenvalue weighted by Gasteiger charge is 2.19. The molecule has 3 rings (SSSR count). The first-order valence-electron chi connectivity index (χ1n) is 8.81. The summed E-state index contributed by atoms with van der Waals surface area (Å²) in [7, 11) is 3.11. The van der Waals surface area contributed by atoms with Gasteiger partial charge in [0.25, 0.3) is 5.91 Å². The van der Waals surface area contributed by atoms with E-state index >= 15 is 0 Å². The molecule has 0 aliphatic carbocycles. The lowest BCUT2D eigenvalue weighted by Gasteiger charge is -2.23. The maximum Gasteiger partial charge on any atom is 0.264 e. The van der Waals surface area contributed by atoms with Crippen LogP contribution in [0.2, 0.25) is 0 Å². The second kappa shape index (κ2) is 8.45. The molecule has 3 aromatic carbocycles. The van der Waals surface area contributed by atoms with Gasteiger partial charge in [-0.25, -0.2) is 0 Å². The molecule has 0 N–H and O–H groups in total. The molecule has 5 heteroatoms. The van der Waals surface area contributed by atoms with Crippen LogP contribution in [0.1, 0.15) is 6.92 Å². The molecule has 0 bridgehead atoms. The standard InChI is InChI=1S/C22H23NO4/c1-4-23(18-12-7-10-16-9-5-6-11-17(16)18)21(24)15-27-22-19(25-2)13-8-14-20(22)26-3/h5-14H,4,15H2,1-3H3. The van der Waals surface area contributed by atoms with Crippen molar-refractivity contribution in [1.29, 1.82) is 0 Å². The first-order chi connectivity index (χ1) is 13.2. The molecule has 0 saturated carbocycles. The van der Waals surface area contributed by atoms with Crippen molar-refractivity contribution in [2.75, 3.05) is 32.3 Å². The van der Waals surface area contributed by atoms with E-state index in [0.717, 1.165) is 16.5 Å². The third-order valence-corrected chi connectivity index (χ3v) is 4.40. The Morgan fingerprint density at radius 1 is 0.889 bits per heavy atom. The second-order valence-corrected chi connectivity index (χ2v) is 5.92. The van der Waals surface area contributed by atoms with Crippen LogP contribution >= 0.6 is 0 Å². The van der Waals surface area contributed by atoms with Gasteiger partial charge in [0, 0.05) is 11.9 Å². The summed E-state index contributed by atoms with van der Waals surface area (Å²) in [5, 5.41) is 2.12. The molecule has 0 aliphatic rings. The minimum atomic E-state index is -0.137. The third-order valence-electron chi connectivity index (χ3n) is 4.40. The Bertz CT molecular complexity index is 911. The van der Waals surface area contributed by atoms with Crippen LogP contribution in [0.25, 0.3) is 10.8 Å². The summed E-state index contributed by atoms with van der Waals surface area (Å²) in [6, 6.07) is 19.3. The molecular weight excluding hydrogens is 342 g/mol. The Balaban J connectivity index is 1.85. The Labute approximate surface area is 159 Å². The fourth-order valence-corrected chi connectivity index (χ4v) is 3.10. The highest BCUT2D eigenvalue weighted by Crippen LogP contribution is 2.37. The normalized spacial score (nSPS) is 10.5. The van der Waals surface area contributed by atoms with E-state index in [2.05, 4.69) is 0 Å². The van der Waals surface area contributed by atoms with Crippen LogP contribution in [-0.4, -0.2) is 33.3 Å². The monoisotopic (exact) mass is 365 g/mol. The predicted molar refractivity (Wildman–Crippen MR) is 107 cm³/mol. The molecule has 27 heavy (non-hydrogen) atoms. The molecule has 5 nitrogen and oxygen atoms in total. The van der Waals surface area contributed by atoms with E-state index in [1.165, 1.54) is 0 Å². The van der Waals surface area contributed by atoms with Crippen molar-refractivity contribution >= 4 is 22.4 Å². The zero-order valence-electron chi connectivity index (χ0n) is 15.8. The molecule has 3 aromatic rings. The number of fused-ring (bicyclic) bond motifs is 1. The number of carbonyl (C=O) groups is 1. The third kappa shape index (κ3) is 3.82. The lowest BCUT2D eigenvalue weighted by Crippen LogP contribution is -2.35. The van der Waals surface area contributed by atoms with Crippen molar-refractivity contribution in [2.45, 2.75) is 6.92 Å². The lowest BCUT2D eigenvalue weighted by molar-refractivity contribution is -0.120. The summed E-state index contributed by atoms with van der Waals surface area (Å²) in [5.74, 6) is 1.33. The number of hydrogen-bond donors (Lipinski definition) is 0. The molecule has 0 spiro atoms. The average Bonchev–Trinajstić information content (AvgIpc) is 2.72. The molecule has 1 amide bonds. The van der Waals surface area contributed by atoms with E-state index < -0.39 is 0 Å². The largest absolute Gasteiger partial charge is 0.493 e. The summed E-state index contributed by atoms with van der Waals surface area (Å²) in [6.45, 7) is 2.37. The number of rotatable bonds is 7. The Kier molecular flexibility index (Phi) is 5.81. The topological polar surface area (TPSA) is 48.0 Å². The fraction of sp³-hybridized carbons (Fsp3) is 0.227. The van der Waals surface area contributed by atoms with Gasteiger partial charge in [-0.1, -0.05) is 42.5 Å². The number of anilines is 1. The van der Waals surface area contributed by atoms with Crippen LogP contribution in [0.3, 0.4) is 0 Å². The molecule has 0 unspecified atom stereocenters. The summed E-state index contributed by atoms with van der Waals surface area (Å²) in [5.41, 5.74) is 0.871. The predicted octanol–water partition coefficient (Wildman–Crippen LogP) is 4.29. The van der Waals surface area contributed by atoms with E-state index in [0.29, 0.717) is 23.8 Å². The minimum absolute atomic E-state index is 0.117. The number of nitrogens with zero attached hydrogens (tertiary/aromatic N) is 1. The number of amides is 1. The van der Waals surface area contributed by atoms with Crippen molar-refractivity contribution in [2.24, 2.45) is 0 Å². The van der Waals surface area contributed by atoms with Gasteiger partial charge in [0.15, 0.2) is 18.1 Å². The summed E-state index contributed by atoms with van der Waals surface area (Å²) >= 11 is 0. The molecule has 0 aliphatic heterocycles. The molecule has 0 radical (unpaired) electrons. The molecular formula is C22H23NO4. The quantitative estimate of drug-likeness (QED) is 0.627. The maximum absolute atomic E-state index is 12.9. The number of carbonyl (C=O) groups excluding carboxylic acids is 1. The van der Waals surface area contributed by atoms with E-state index in [1.807, 2.05) is 49.4 Å². The highest BCUT2D eigenvalue weighted by atomic mass is 16.5. The summed E-state index contributed by atoms with van der Waals surface area (Å²) in [6.07, 6.45) is 0. The average molecular weight is 365 g/mol. The van der Waals surface area contributed by atoms with E-state index in [9.17, 15) is 4.79 Å². The Morgan fingerprint density at radius 2 is 1.52 bits per heavy atom. The van der Waals surface area contributed by atoms with Crippen LogP contribution < -0.4 is 19.1 Å². The van der Waals surface area contributed by atoms with E-state index in [-0.39, 0.29) is 12.5 Å². The second-order valence-electron chi connectivity index (χ2n) is 5.92. The van der Waals surface area contributed by atoms with E-state index in [4.69, 9.17) is 14.2 Å². The van der Waals surface area contributed by atoms with Gasteiger partial charge in [-0.05, 0) is 30.5 Å². The zero-order chi connectivity index (χ0) is 19.2. The first kappa shape index (κ1) is 18.6. The fourth-order valence-electron chi connectivity index (χ4n) is 3.10. The first-order valence-corrected chi connectivity index (χ1v) is 8.81. The van der Waals surface area contributed by atoms with Crippen molar-refractivity contribution in [1.82, 2.24) is 0 Å². The minimum Gasteiger partial charge on any atom is -0.493 e. The lowest BCUT2D eigenvalue weighted by atomic mass is 10.1. The van der Waals surface area contributed by atoms with Crippen molar-refractivity contribution in [3.05, 3.63) is 60.7 Å². The SMILES string of the molecule is CCN(C(=O)COc1c(OC)cccc1OC)c1cccc2ccccc12. The van der Waals surface area contributed by atoms with Gasteiger partial charge < -0.3 is 19.1 Å². The summed E-state index contributed by atoms with van der Waals surface area (Å²) in [4.78, 5) is 14.6. The molecule has 0 fully saturated rings. The maximum atomic E-state index is 12.9. The van der Waals surface area contributed by atoms with Crippen molar-refractivity contribution in [3.8, 4) is 17.2 Å². The summed E-state index contributed by atoms with van der Waals surface area (Å²) < 4.78 is 16.4. The zero-order valence-corrected chi connectivity index (χ0v) is 15.8. The van der Waals surface area contributed by atoms with Crippen LogP contribution in [0.4, 0.5) is 5.69 Å². The van der Waals surface area contributed by atoms with Gasteiger partial charge >= 0.3 is 0 Å². The number of ether oxygens (including phenoxy) is 3. The molecule has 0 heterocycles. The van der Waals surface area contributed by atoms with Gasteiger partial charge in [0.2, 0.25) is 5.75 Å². The van der Waals surface area contributed by atoms with Crippen LogP contribution in [0, 0.1) is 0 Å².